The Balaban J connectivity index is 2.01. The van der Waals surface area contributed by atoms with E-state index in [0.717, 1.165) is 9.87 Å². The number of anilines is 1. The molecule has 0 aliphatic rings. The Morgan fingerprint density at radius 1 is 0.923 bits per heavy atom. The summed E-state index contributed by atoms with van der Waals surface area (Å²) in [7, 11) is -4.20. The van der Waals surface area contributed by atoms with Crippen molar-refractivity contribution >= 4 is 50.7 Å². The van der Waals surface area contributed by atoms with Gasteiger partial charge in [-0.05, 0) is 70.0 Å². The summed E-state index contributed by atoms with van der Waals surface area (Å²) in [4.78, 5) is 28.4. The monoisotopic (exact) mass is 589 g/mol. The number of rotatable bonds is 10. The van der Waals surface area contributed by atoms with Crippen LogP contribution in [0, 0.1) is 0 Å². The number of amides is 2. The van der Waals surface area contributed by atoms with Gasteiger partial charge in [-0.15, -0.1) is 0 Å². The highest BCUT2D eigenvalue weighted by Gasteiger charge is 2.33. The molecule has 208 valence electrons. The van der Waals surface area contributed by atoms with Crippen molar-refractivity contribution in [2.75, 3.05) is 17.4 Å². The lowest BCUT2D eigenvalue weighted by atomic mass is 10.1. The Labute approximate surface area is 240 Å². The molecule has 3 rings (SSSR count). The fraction of sp³-hybridized carbons (Fsp3) is 0.310. The first-order valence-corrected chi connectivity index (χ1v) is 14.7. The predicted molar refractivity (Wildman–Crippen MR) is 157 cm³/mol. The quantitative estimate of drug-likeness (QED) is 0.335. The number of halogens is 2. The zero-order valence-electron chi connectivity index (χ0n) is 22.4. The zero-order chi connectivity index (χ0) is 28.8. The first-order valence-electron chi connectivity index (χ1n) is 12.5. The number of hydrogen-bond donors (Lipinski definition) is 1. The van der Waals surface area contributed by atoms with Crippen LogP contribution in [0.3, 0.4) is 0 Å². The minimum atomic E-state index is -4.20. The van der Waals surface area contributed by atoms with Gasteiger partial charge in [-0.25, -0.2) is 8.42 Å². The summed E-state index contributed by atoms with van der Waals surface area (Å²) in [5, 5.41) is 3.30. The van der Waals surface area contributed by atoms with Gasteiger partial charge in [0.05, 0.1) is 15.6 Å². The second-order valence-electron chi connectivity index (χ2n) is 10.2. The second kappa shape index (κ2) is 12.9. The standard InChI is InChI=1S/C29H33Cl2N3O4S/c1-21(28(36)32-29(2,3)4)33(18-17-22-11-7-5-8-12-22)27(35)20-34(26-16-15-23(30)19-25(26)31)39(37,38)24-13-9-6-10-14-24/h5-16,19,21H,17-18,20H2,1-4H3,(H,32,36)/t21-/m1/s1. The van der Waals surface area contributed by atoms with Crippen molar-refractivity contribution in [3.8, 4) is 0 Å². The van der Waals surface area contributed by atoms with Crippen molar-refractivity contribution in [3.63, 3.8) is 0 Å². The predicted octanol–water partition coefficient (Wildman–Crippen LogP) is 5.56. The molecular weight excluding hydrogens is 557 g/mol. The van der Waals surface area contributed by atoms with Crippen LogP contribution in [-0.4, -0.2) is 49.8 Å². The molecule has 0 spiro atoms. The Kier molecular flexibility index (Phi) is 10.0. The normalized spacial score (nSPS) is 12.5. The maximum Gasteiger partial charge on any atom is 0.264 e. The molecule has 7 nitrogen and oxygen atoms in total. The van der Waals surface area contributed by atoms with Gasteiger partial charge in [0, 0.05) is 17.1 Å². The number of nitrogens with zero attached hydrogens (tertiary/aromatic N) is 2. The van der Waals surface area contributed by atoms with Crippen molar-refractivity contribution in [2.24, 2.45) is 0 Å². The molecule has 0 unspecified atom stereocenters. The average molecular weight is 591 g/mol. The van der Waals surface area contributed by atoms with Crippen LogP contribution in [0.15, 0.2) is 83.8 Å². The largest absolute Gasteiger partial charge is 0.350 e. The number of benzene rings is 3. The highest BCUT2D eigenvalue weighted by atomic mass is 35.5. The summed E-state index contributed by atoms with van der Waals surface area (Å²) in [6.45, 7) is 6.82. The maximum absolute atomic E-state index is 13.9. The zero-order valence-corrected chi connectivity index (χ0v) is 24.7. The molecule has 0 fully saturated rings. The molecule has 39 heavy (non-hydrogen) atoms. The van der Waals surface area contributed by atoms with Gasteiger partial charge in [0.1, 0.15) is 12.6 Å². The minimum absolute atomic E-state index is 0.00169. The first kappa shape index (κ1) is 30.5. The molecule has 2 amide bonds. The molecule has 0 aliphatic heterocycles. The fourth-order valence-corrected chi connectivity index (χ4v) is 5.98. The van der Waals surface area contributed by atoms with E-state index in [4.69, 9.17) is 23.2 Å². The topological polar surface area (TPSA) is 86.8 Å². The lowest BCUT2D eigenvalue weighted by molar-refractivity contribution is -0.139. The van der Waals surface area contributed by atoms with E-state index in [-0.39, 0.29) is 28.1 Å². The number of carbonyl (C=O) groups excluding carboxylic acids is 2. The Morgan fingerprint density at radius 3 is 2.08 bits per heavy atom. The van der Waals surface area contributed by atoms with E-state index in [1.165, 1.54) is 35.2 Å². The SMILES string of the molecule is C[C@H](C(=O)NC(C)(C)C)N(CCc1ccccc1)C(=O)CN(c1ccc(Cl)cc1Cl)S(=O)(=O)c1ccccc1. The molecule has 0 saturated heterocycles. The molecule has 1 atom stereocenters. The maximum atomic E-state index is 13.9. The van der Waals surface area contributed by atoms with E-state index in [9.17, 15) is 18.0 Å². The second-order valence-corrected chi connectivity index (χ2v) is 12.9. The van der Waals surface area contributed by atoms with Crippen molar-refractivity contribution in [1.29, 1.82) is 0 Å². The molecule has 3 aromatic rings. The third-order valence-electron chi connectivity index (χ3n) is 5.94. The third kappa shape index (κ3) is 8.21. The van der Waals surface area contributed by atoms with E-state index in [0.29, 0.717) is 11.4 Å². The van der Waals surface area contributed by atoms with Crippen LogP contribution in [0.2, 0.25) is 10.0 Å². The van der Waals surface area contributed by atoms with E-state index in [1.807, 2.05) is 51.1 Å². The molecule has 0 saturated carbocycles. The Morgan fingerprint density at radius 2 is 1.51 bits per heavy atom. The van der Waals surface area contributed by atoms with E-state index in [2.05, 4.69) is 5.32 Å². The first-order chi connectivity index (χ1) is 18.3. The lowest BCUT2D eigenvalue weighted by Crippen LogP contribution is -2.55. The smallest absolute Gasteiger partial charge is 0.264 e. The van der Waals surface area contributed by atoms with E-state index in [1.54, 1.807) is 25.1 Å². The highest BCUT2D eigenvalue weighted by Crippen LogP contribution is 2.33. The van der Waals surface area contributed by atoms with Gasteiger partial charge in [-0.2, -0.15) is 0 Å². The van der Waals surface area contributed by atoms with Gasteiger partial charge in [0.15, 0.2) is 0 Å². The summed E-state index contributed by atoms with van der Waals surface area (Å²) < 4.78 is 28.5. The van der Waals surface area contributed by atoms with Gasteiger partial charge in [-0.1, -0.05) is 71.7 Å². The van der Waals surface area contributed by atoms with Crippen molar-refractivity contribution in [2.45, 2.75) is 50.6 Å². The Hall–Kier alpha value is -3.07. The van der Waals surface area contributed by atoms with Crippen molar-refractivity contribution in [3.05, 3.63) is 94.5 Å². The Bertz CT molecular complexity index is 1400. The summed E-state index contributed by atoms with van der Waals surface area (Å²) >= 11 is 12.5. The molecule has 0 radical (unpaired) electrons. The number of hydrogen-bond acceptors (Lipinski definition) is 4. The van der Waals surface area contributed by atoms with Crippen LogP contribution in [0.4, 0.5) is 5.69 Å². The molecule has 0 aromatic heterocycles. The van der Waals surface area contributed by atoms with Crippen LogP contribution < -0.4 is 9.62 Å². The number of nitrogens with one attached hydrogen (secondary N) is 1. The summed E-state index contributed by atoms with van der Waals surface area (Å²) in [5.41, 5.74) is 0.570. The molecule has 0 heterocycles. The fourth-order valence-electron chi connectivity index (χ4n) is 3.96. The van der Waals surface area contributed by atoms with Crippen molar-refractivity contribution in [1.82, 2.24) is 10.2 Å². The van der Waals surface area contributed by atoms with Crippen LogP contribution in [-0.2, 0) is 26.0 Å². The molecular formula is C29H33Cl2N3O4S. The van der Waals surface area contributed by atoms with Gasteiger partial charge < -0.3 is 10.2 Å². The van der Waals surface area contributed by atoms with Gasteiger partial charge >= 0.3 is 0 Å². The van der Waals surface area contributed by atoms with Crippen LogP contribution in [0.5, 0.6) is 0 Å². The van der Waals surface area contributed by atoms with E-state index < -0.39 is 34.1 Å². The molecule has 0 bridgehead atoms. The van der Waals surface area contributed by atoms with Crippen LogP contribution in [0.25, 0.3) is 0 Å². The summed E-state index contributed by atoms with van der Waals surface area (Å²) in [6.07, 6.45) is 0.479. The lowest BCUT2D eigenvalue weighted by Gasteiger charge is -2.33. The van der Waals surface area contributed by atoms with Gasteiger partial charge in [-0.3, -0.25) is 13.9 Å². The van der Waals surface area contributed by atoms with Gasteiger partial charge in [0.25, 0.3) is 10.0 Å². The minimum Gasteiger partial charge on any atom is -0.350 e. The highest BCUT2D eigenvalue weighted by molar-refractivity contribution is 7.92. The van der Waals surface area contributed by atoms with E-state index >= 15 is 0 Å². The molecule has 10 heteroatoms. The molecule has 0 aliphatic carbocycles. The number of carbonyl (C=O) groups is 2. The molecule has 1 N–H and O–H groups in total. The third-order valence-corrected chi connectivity index (χ3v) is 8.25. The van der Waals surface area contributed by atoms with Crippen LogP contribution in [0.1, 0.15) is 33.3 Å². The van der Waals surface area contributed by atoms with Crippen molar-refractivity contribution < 1.29 is 18.0 Å². The summed E-state index contributed by atoms with van der Waals surface area (Å²) in [6, 6.07) is 20.9. The molecule has 3 aromatic carbocycles. The van der Waals surface area contributed by atoms with Gasteiger partial charge in [0.2, 0.25) is 11.8 Å². The van der Waals surface area contributed by atoms with Crippen LogP contribution >= 0.6 is 23.2 Å². The summed E-state index contributed by atoms with van der Waals surface area (Å²) in [5.74, 6) is -0.890. The number of sulfonamides is 1. The average Bonchev–Trinajstić information content (AvgIpc) is 2.87.